The molecule has 2 rings (SSSR count). The molecule has 1 aromatic heterocycles. The maximum atomic E-state index is 12.8. The fourth-order valence-electron chi connectivity index (χ4n) is 1.57. The molecule has 1 heterocycles. The van der Waals surface area contributed by atoms with E-state index in [1.165, 1.54) is 18.2 Å². The maximum Gasteiger partial charge on any atom is 0.418 e. The van der Waals surface area contributed by atoms with Crippen molar-refractivity contribution in [2.75, 3.05) is 11.1 Å². The number of anilines is 3. The summed E-state index contributed by atoms with van der Waals surface area (Å²) < 4.78 is 38.3. The van der Waals surface area contributed by atoms with E-state index in [1.807, 2.05) is 0 Å². The molecule has 2 aromatic rings. The summed E-state index contributed by atoms with van der Waals surface area (Å²) in [5.41, 5.74) is 4.75. The van der Waals surface area contributed by atoms with Crippen LogP contribution in [0.2, 0.25) is 0 Å². The fraction of sp³-hybridized carbons (Fsp3) is 0.182. The number of hydrogen-bond donors (Lipinski definition) is 3. The van der Waals surface area contributed by atoms with Crippen molar-refractivity contribution in [3.63, 3.8) is 0 Å². The van der Waals surface area contributed by atoms with Crippen molar-refractivity contribution in [2.45, 2.75) is 13.1 Å². The van der Waals surface area contributed by atoms with Crippen LogP contribution in [0.4, 0.5) is 30.5 Å². The number of benzene rings is 1. The first-order valence-corrected chi connectivity index (χ1v) is 5.13. The maximum absolute atomic E-state index is 12.8. The fourth-order valence-corrected chi connectivity index (χ4v) is 1.57. The first-order chi connectivity index (χ1) is 8.38. The minimum atomic E-state index is -4.43. The number of aryl methyl sites for hydroxylation is 1. The van der Waals surface area contributed by atoms with E-state index in [4.69, 9.17) is 5.73 Å². The molecule has 0 saturated carbocycles. The third kappa shape index (κ3) is 2.39. The second-order valence-corrected chi connectivity index (χ2v) is 3.75. The molecule has 0 spiro atoms. The van der Waals surface area contributed by atoms with Gasteiger partial charge in [0.2, 0.25) is 0 Å². The van der Waals surface area contributed by atoms with Crippen molar-refractivity contribution in [3.05, 3.63) is 35.7 Å². The van der Waals surface area contributed by atoms with E-state index in [0.29, 0.717) is 5.82 Å². The summed E-state index contributed by atoms with van der Waals surface area (Å²) in [6.07, 6.45) is -4.43. The van der Waals surface area contributed by atoms with Crippen molar-refractivity contribution in [1.82, 2.24) is 9.97 Å². The predicted molar refractivity (Wildman–Crippen MR) is 62.5 cm³/mol. The molecule has 18 heavy (non-hydrogen) atoms. The number of nitrogens with zero attached hydrogens (tertiary/aromatic N) is 1. The van der Waals surface area contributed by atoms with Gasteiger partial charge in [0.25, 0.3) is 0 Å². The highest BCUT2D eigenvalue weighted by Crippen LogP contribution is 2.36. The highest BCUT2D eigenvalue weighted by atomic mass is 19.4. The van der Waals surface area contributed by atoms with Crippen molar-refractivity contribution in [2.24, 2.45) is 0 Å². The lowest BCUT2D eigenvalue weighted by molar-refractivity contribution is -0.136. The minimum absolute atomic E-state index is 0.0804. The highest BCUT2D eigenvalue weighted by Gasteiger charge is 2.33. The summed E-state index contributed by atoms with van der Waals surface area (Å²) >= 11 is 0. The Morgan fingerprint density at radius 1 is 1.28 bits per heavy atom. The van der Waals surface area contributed by atoms with Crippen molar-refractivity contribution < 1.29 is 13.2 Å². The Morgan fingerprint density at radius 2 is 1.94 bits per heavy atom. The molecule has 0 atom stereocenters. The van der Waals surface area contributed by atoms with Gasteiger partial charge in [0, 0.05) is 0 Å². The number of imidazole rings is 1. The van der Waals surface area contributed by atoms with Gasteiger partial charge in [0.15, 0.2) is 5.82 Å². The number of halogens is 3. The molecule has 7 heteroatoms. The number of nitrogen functional groups attached to an aromatic ring is 1. The number of nitrogens with one attached hydrogen (secondary N) is 2. The van der Waals surface area contributed by atoms with E-state index >= 15 is 0 Å². The standard InChI is InChI=1S/C11H11F3N4/c1-6-16-9(15)10(17-6)18-8-5-3-2-4-7(8)11(12,13)14/h2-5,18H,15H2,1H3,(H,16,17). The smallest absolute Gasteiger partial charge is 0.382 e. The summed E-state index contributed by atoms with van der Waals surface area (Å²) in [5, 5.41) is 2.58. The number of aromatic nitrogens is 2. The van der Waals surface area contributed by atoms with Crippen LogP contribution in [0.15, 0.2) is 24.3 Å². The number of nitrogens with two attached hydrogens (primary N) is 1. The Morgan fingerprint density at radius 3 is 2.50 bits per heavy atom. The van der Waals surface area contributed by atoms with Gasteiger partial charge >= 0.3 is 6.18 Å². The summed E-state index contributed by atoms with van der Waals surface area (Å²) in [6, 6.07) is 5.16. The predicted octanol–water partition coefficient (Wildman–Crippen LogP) is 3.06. The van der Waals surface area contributed by atoms with Crippen LogP contribution in [0.3, 0.4) is 0 Å². The first-order valence-electron chi connectivity index (χ1n) is 5.13. The largest absolute Gasteiger partial charge is 0.418 e. The second kappa shape index (κ2) is 4.25. The van der Waals surface area contributed by atoms with Crippen LogP contribution in [0, 0.1) is 6.92 Å². The Hall–Kier alpha value is -2.18. The molecular formula is C11H11F3N4. The molecule has 4 N–H and O–H groups in total. The van der Waals surface area contributed by atoms with Gasteiger partial charge in [-0.15, -0.1) is 0 Å². The molecule has 0 unspecified atom stereocenters. The number of hydrogen-bond acceptors (Lipinski definition) is 3. The van der Waals surface area contributed by atoms with Gasteiger partial charge < -0.3 is 16.0 Å². The van der Waals surface area contributed by atoms with Crippen LogP contribution >= 0.6 is 0 Å². The number of alkyl halides is 3. The number of para-hydroxylation sites is 1. The summed E-state index contributed by atoms with van der Waals surface area (Å²) in [6.45, 7) is 1.66. The first kappa shape index (κ1) is 12.3. The molecular weight excluding hydrogens is 245 g/mol. The quantitative estimate of drug-likeness (QED) is 0.773. The van der Waals surface area contributed by atoms with Gasteiger partial charge in [0.1, 0.15) is 11.6 Å². The van der Waals surface area contributed by atoms with Gasteiger partial charge in [-0.05, 0) is 19.1 Å². The molecule has 0 aliphatic heterocycles. The Bertz CT molecular complexity index is 560. The average Bonchev–Trinajstić information content (AvgIpc) is 2.57. The third-order valence-corrected chi connectivity index (χ3v) is 2.34. The minimum Gasteiger partial charge on any atom is -0.382 e. The number of aromatic amines is 1. The molecule has 96 valence electrons. The SMILES string of the molecule is Cc1nc(Nc2ccccc2C(F)(F)F)c(N)[nH]1. The van der Waals surface area contributed by atoms with Crippen LogP contribution in [0.25, 0.3) is 0 Å². The Balaban J connectivity index is 2.38. The topological polar surface area (TPSA) is 66.7 Å². The second-order valence-electron chi connectivity index (χ2n) is 3.75. The monoisotopic (exact) mass is 256 g/mol. The van der Waals surface area contributed by atoms with Gasteiger partial charge in [-0.3, -0.25) is 0 Å². The Labute approximate surface area is 101 Å². The lowest BCUT2D eigenvalue weighted by atomic mass is 10.1. The van der Waals surface area contributed by atoms with Crippen LogP contribution in [-0.2, 0) is 6.18 Å². The van der Waals surface area contributed by atoms with Crippen molar-refractivity contribution in [1.29, 1.82) is 0 Å². The summed E-state index contributed by atoms with van der Waals surface area (Å²) in [5.74, 6) is 0.910. The zero-order valence-corrected chi connectivity index (χ0v) is 9.47. The van der Waals surface area contributed by atoms with Gasteiger partial charge in [0.05, 0.1) is 11.3 Å². The van der Waals surface area contributed by atoms with Crippen LogP contribution in [-0.4, -0.2) is 9.97 Å². The van der Waals surface area contributed by atoms with E-state index in [-0.39, 0.29) is 17.3 Å². The molecule has 0 aliphatic carbocycles. The third-order valence-electron chi connectivity index (χ3n) is 2.34. The van der Waals surface area contributed by atoms with E-state index in [2.05, 4.69) is 15.3 Å². The molecule has 0 bridgehead atoms. The van der Waals surface area contributed by atoms with Gasteiger partial charge in [-0.2, -0.15) is 13.2 Å². The van der Waals surface area contributed by atoms with Gasteiger partial charge in [-0.25, -0.2) is 4.98 Å². The van der Waals surface area contributed by atoms with Gasteiger partial charge in [-0.1, -0.05) is 12.1 Å². The van der Waals surface area contributed by atoms with E-state index in [9.17, 15) is 13.2 Å². The molecule has 0 saturated heterocycles. The molecule has 1 aromatic carbocycles. The lowest BCUT2D eigenvalue weighted by Crippen LogP contribution is -2.09. The van der Waals surface area contributed by atoms with Crippen molar-refractivity contribution >= 4 is 17.3 Å². The summed E-state index contributed by atoms with van der Waals surface area (Å²) in [4.78, 5) is 6.68. The normalized spacial score (nSPS) is 11.6. The van der Waals surface area contributed by atoms with E-state index in [1.54, 1.807) is 6.92 Å². The van der Waals surface area contributed by atoms with Crippen molar-refractivity contribution in [3.8, 4) is 0 Å². The zero-order valence-electron chi connectivity index (χ0n) is 9.47. The average molecular weight is 256 g/mol. The Kier molecular flexibility index (Phi) is 2.90. The molecule has 0 aliphatic rings. The van der Waals surface area contributed by atoms with Crippen LogP contribution in [0.1, 0.15) is 11.4 Å². The summed E-state index contributed by atoms with van der Waals surface area (Å²) in [7, 11) is 0. The molecule has 0 fully saturated rings. The number of rotatable bonds is 2. The molecule has 0 radical (unpaired) electrons. The molecule has 4 nitrogen and oxygen atoms in total. The number of H-pyrrole nitrogens is 1. The van der Waals surface area contributed by atoms with Crippen LogP contribution in [0.5, 0.6) is 0 Å². The van der Waals surface area contributed by atoms with E-state index in [0.717, 1.165) is 6.07 Å². The van der Waals surface area contributed by atoms with E-state index < -0.39 is 11.7 Å². The van der Waals surface area contributed by atoms with Crippen LogP contribution < -0.4 is 11.1 Å². The lowest BCUT2D eigenvalue weighted by Gasteiger charge is -2.13. The zero-order chi connectivity index (χ0) is 13.3. The highest BCUT2D eigenvalue weighted by molar-refractivity contribution is 5.68. The molecule has 0 amide bonds.